The molecule has 1 aliphatic heterocycles. The van der Waals surface area contributed by atoms with Gasteiger partial charge in [0.05, 0.1) is 10.5 Å². The van der Waals surface area contributed by atoms with E-state index < -0.39 is 17.9 Å². The smallest absolute Gasteiger partial charge is 0.410 e. The maximum atomic E-state index is 12.4. The number of aromatic amines is 1. The molecule has 0 atom stereocenters. The molecule has 3 amide bonds. The van der Waals surface area contributed by atoms with Crippen LogP contribution in [0.1, 0.15) is 44.7 Å². The number of amides is 3. The number of piperidine rings is 1. The first kappa shape index (κ1) is 21.3. The number of likely N-dealkylation sites (tertiary alicyclic amines) is 1. The van der Waals surface area contributed by atoms with Crippen molar-refractivity contribution in [2.45, 2.75) is 18.8 Å². The minimum atomic E-state index is -0.532. The fourth-order valence-corrected chi connectivity index (χ4v) is 4.43. The number of hydrogen-bond donors (Lipinski definition) is 3. The molecule has 0 unspecified atom stereocenters. The van der Waals surface area contributed by atoms with E-state index in [-0.39, 0.29) is 23.9 Å². The van der Waals surface area contributed by atoms with Gasteiger partial charge in [-0.25, -0.2) is 9.78 Å². The topological polar surface area (TPSA) is 129 Å². The molecule has 4 rings (SSSR count). The molecular formula is C21H20N6O4S. The molecular weight excluding hydrogens is 432 g/mol. The highest BCUT2D eigenvalue weighted by Gasteiger charge is 2.27. The van der Waals surface area contributed by atoms with Crippen molar-refractivity contribution in [2.75, 3.05) is 19.7 Å². The van der Waals surface area contributed by atoms with Crippen LogP contribution in [-0.2, 0) is 4.74 Å². The van der Waals surface area contributed by atoms with Gasteiger partial charge in [-0.2, -0.15) is 5.10 Å². The molecule has 0 saturated carbocycles. The summed E-state index contributed by atoms with van der Waals surface area (Å²) in [4.78, 5) is 42.7. The summed E-state index contributed by atoms with van der Waals surface area (Å²) in [5.41, 5.74) is 5.88. The van der Waals surface area contributed by atoms with Crippen LogP contribution in [0.2, 0.25) is 0 Å². The number of hydrazine groups is 1. The van der Waals surface area contributed by atoms with E-state index in [1.807, 2.05) is 6.07 Å². The van der Waals surface area contributed by atoms with E-state index in [0.29, 0.717) is 31.3 Å². The van der Waals surface area contributed by atoms with E-state index >= 15 is 0 Å². The van der Waals surface area contributed by atoms with Gasteiger partial charge in [-0.15, -0.1) is 17.8 Å². The van der Waals surface area contributed by atoms with Crippen LogP contribution in [0, 0.1) is 12.3 Å². The molecule has 1 saturated heterocycles. The van der Waals surface area contributed by atoms with Crippen LogP contribution in [0.5, 0.6) is 0 Å². The number of thiazole rings is 1. The number of rotatable bonds is 4. The van der Waals surface area contributed by atoms with Crippen LogP contribution in [0.25, 0.3) is 10.9 Å². The van der Waals surface area contributed by atoms with Crippen molar-refractivity contribution in [3.8, 4) is 12.3 Å². The van der Waals surface area contributed by atoms with Crippen molar-refractivity contribution >= 4 is 40.1 Å². The lowest BCUT2D eigenvalue weighted by Gasteiger charge is -2.30. The SMILES string of the molecule is C#CCOC(=O)N1CCC(c2nc(C(=O)NNC(=O)c3n[nH]c4ccccc34)cs2)CC1. The second kappa shape index (κ2) is 9.49. The molecule has 1 aliphatic rings. The average molecular weight is 452 g/mol. The van der Waals surface area contributed by atoms with E-state index in [0.717, 1.165) is 10.5 Å². The third-order valence-corrected chi connectivity index (χ3v) is 6.12. The molecule has 3 N–H and O–H groups in total. The summed E-state index contributed by atoms with van der Waals surface area (Å²) in [5.74, 6) is 1.36. The van der Waals surface area contributed by atoms with Gasteiger partial charge in [0, 0.05) is 29.8 Å². The molecule has 2 aromatic heterocycles. The summed E-state index contributed by atoms with van der Waals surface area (Å²) in [6.45, 7) is 1.02. The molecule has 10 nitrogen and oxygen atoms in total. The number of fused-ring (bicyclic) bond motifs is 1. The fraction of sp³-hybridized carbons (Fsp3) is 0.286. The second-order valence-corrected chi connectivity index (χ2v) is 8.01. The Bertz CT molecular complexity index is 1190. The van der Waals surface area contributed by atoms with Crippen molar-refractivity contribution in [3.63, 3.8) is 0 Å². The highest BCUT2D eigenvalue weighted by Crippen LogP contribution is 2.30. The number of nitrogens with one attached hydrogen (secondary N) is 3. The van der Waals surface area contributed by atoms with E-state index in [4.69, 9.17) is 11.2 Å². The van der Waals surface area contributed by atoms with Crippen LogP contribution < -0.4 is 10.9 Å². The van der Waals surface area contributed by atoms with Crippen LogP contribution >= 0.6 is 11.3 Å². The summed E-state index contributed by atoms with van der Waals surface area (Å²) >= 11 is 1.38. The molecule has 0 bridgehead atoms. The molecule has 0 spiro atoms. The normalized spacial score (nSPS) is 14.0. The number of hydrogen-bond acceptors (Lipinski definition) is 7. The molecule has 1 aromatic carbocycles. The Balaban J connectivity index is 1.30. The van der Waals surface area contributed by atoms with E-state index in [9.17, 15) is 14.4 Å². The number of carbonyl (C=O) groups excluding carboxylic acids is 3. The number of benzene rings is 1. The Labute approximate surface area is 187 Å². The molecule has 32 heavy (non-hydrogen) atoms. The van der Waals surface area contributed by atoms with E-state index in [1.165, 1.54) is 11.3 Å². The Morgan fingerprint density at radius 1 is 1.22 bits per heavy atom. The van der Waals surface area contributed by atoms with Gasteiger partial charge >= 0.3 is 6.09 Å². The van der Waals surface area contributed by atoms with Gasteiger partial charge < -0.3 is 9.64 Å². The number of nitrogens with zero attached hydrogens (tertiary/aromatic N) is 3. The summed E-state index contributed by atoms with van der Waals surface area (Å²) in [6, 6.07) is 7.20. The summed E-state index contributed by atoms with van der Waals surface area (Å²) in [6.07, 6.45) is 6.11. The lowest BCUT2D eigenvalue weighted by molar-refractivity contribution is 0.0842. The zero-order valence-corrected chi connectivity index (χ0v) is 17.8. The predicted molar refractivity (Wildman–Crippen MR) is 117 cm³/mol. The lowest BCUT2D eigenvalue weighted by atomic mass is 9.98. The molecule has 0 radical (unpaired) electrons. The first-order chi connectivity index (χ1) is 15.6. The fourth-order valence-electron chi connectivity index (χ4n) is 3.46. The highest BCUT2D eigenvalue weighted by atomic mass is 32.1. The highest BCUT2D eigenvalue weighted by molar-refractivity contribution is 7.09. The van der Waals surface area contributed by atoms with Gasteiger partial charge in [-0.3, -0.25) is 25.5 Å². The van der Waals surface area contributed by atoms with Crippen LogP contribution in [0.15, 0.2) is 29.6 Å². The Morgan fingerprint density at radius 2 is 1.97 bits per heavy atom. The molecule has 11 heteroatoms. The summed E-state index contributed by atoms with van der Waals surface area (Å²) < 4.78 is 4.95. The summed E-state index contributed by atoms with van der Waals surface area (Å²) in [7, 11) is 0. The first-order valence-corrected chi connectivity index (χ1v) is 10.8. The minimum Gasteiger partial charge on any atom is -0.436 e. The standard InChI is InChI=1S/C21H20N6O4S/c1-2-11-31-21(30)27-9-7-13(8-10-27)20-22-16(12-32-20)18(28)25-26-19(29)17-14-5-3-4-6-15(14)23-24-17/h1,3-6,12-13H,7-11H2,(H,23,24)(H,25,28)(H,26,29). The zero-order chi connectivity index (χ0) is 22.5. The summed E-state index contributed by atoms with van der Waals surface area (Å²) in [5, 5.41) is 9.89. The second-order valence-electron chi connectivity index (χ2n) is 7.12. The monoisotopic (exact) mass is 452 g/mol. The predicted octanol–water partition coefficient (Wildman–Crippen LogP) is 2.04. The molecule has 3 aromatic rings. The third kappa shape index (κ3) is 4.55. The van der Waals surface area contributed by atoms with Gasteiger partial charge in [0.25, 0.3) is 11.8 Å². The number of para-hydroxylation sites is 1. The number of carbonyl (C=O) groups is 3. The Kier molecular flexibility index (Phi) is 6.32. The Morgan fingerprint density at radius 3 is 2.75 bits per heavy atom. The quantitative estimate of drug-likeness (QED) is 0.410. The Hall–Kier alpha value is -3.91. The molecule has 1 fully saturated rings. The maximum Gasteiger partial charge on any atom is 0.410 e. The molecule has 0 aliphatic carbocycles. The van der Waals surface area contributed by atoms with Crippen LogP contribution in [0.3, 0.4) is 0 Å². The van der Waals surface area contributed by atoms with Crippen molar-refractivity contribution < 1.29 is 19.1 Å². The van der Waals surface area contributed by atoms with Crippen molar-refractivity contribution in [1.29, 1.82) is 0 Å². The molecule has 164 valence electrons. The van der Waals surface area contributed by atoms with Crippen LogP contribution in [0.4, 0.5) is 4.79 Å². The lowest BCUT2D eigenvalue weighted by Crippen LogP contribution is -2.42. The largest absolute Gasteiger partial charge is 0.436 e. The zero-order valence-electron chi connectivity index (χ0n) is 17.0. The molecule has 3 heterocycles. The van der Waals surface area contributed by atoms with Crippen molar-refractivity contribution in [3.05, 3.63) is 46.0 Å². The van der Waals surface area contributed by atoms with E-state index in [1.54, 1.807) is 28.5 Å². The van der Waals surface area contributed by atoms with Gasteiger partial charge in [0.15, 0.2) is 12.3 Å². The first-order valence-electron chi connectivity index (χ1n) is 9.91. The maximum absolute atomic E-state index is 12.4. The van der Waals surface area contributed by atoms with E-state index in [2.05, 4.69) is 32.0 Å². The van der Waals surface area contributed by atoms with Crippen molar-refractivity contribution in [1.82, 2.24) is 30.9 Å². The van der Waals surface area contributed by atoms with Gasteiger partial charge in [-0.1, -0.05) is 24.1 Å². The third-order valence-electron chi connectivity index (χ3n) is 5.11. The number of H-pyrrole nitrogens is 1. The van der Waals surface area contributed by atoms with Gasteiger partial charge in [-0.05, 0) is 18.9 Å². The minimum absolute atomic E-state index is 0.0450. The number of terminal acetylenes is 1. The number of ether oxygens (including phenoxy) is 1. The van der Waals surface area contributed by atoms with Gasteiger partial charge in [0.2, 0.25) is 0 Å². The average Bonchev–Trinajstić information content (AvgIpc) is 3.49. The van der Waals surface area contributed by atoms with Crippen molar-refractivity contribution in [2.24, 2.45) is 0 Å². The van der Waals surface area contributed by atoms with Crippen LogP contribution in [-0.4, -0.2) is 57.7 Å². The number of aromatic nitrogens is 3. The van der Waals surface area contributed by atoms with Gasteiger partial charge in [0.1, 0.15) is 5.69 Å².